The summed E-state index contributed by atoms with van der Waals surface area (Å²) >= 11 is 6.01. The van der Waals surface area contributed by atoms with Gasteiger partial charge in [-0.1, -0.05) is 54.1 Å². The van der Waals surface area contributed by atoms with Crippen molar-refractivity contribution in [2.24, 2.45) is 0 Å². The Labute approximate surface area is 145 Å². The number of aromatic nitrogens is 2. The van der Waals surface area contributed by atoms with E-state index in [9.17, 15) is 0 Å². The molecule has 4 rings (SSSR count). The predicted molar refractivity (Wildman–Crippen MR) is 102 cm³/mol. The van der Waals surface area contributed by atoms with Gasteiger partial charge in [-0.3, -0.25) is 0 Å². The third-order valence-corrected chi connectivity index (χ3v) is 4.25. The number of fused-ring (bicyclic) bond motifs is 2. The van der Waals surface area contributed by atoms with Crippen LogP contribution in [-0.4, -0.2) is 9.97 Å². The predicted octanol–water partition coefficient (Wildman–Crippen LogP) is 6.14. The molecule has 1 heterocycles. The van der Waals surface area contributed by atoms with Crippen LogP contribution in [0.25, 0.3) is 39.1 Å². The van der Waals surface area contributed by atoms with Crippen molar-refractivity contribution >= 4 is 39.5 Å². The summed E-state index contributed by atoms with van der Waals surface area (Å²) in [6, 6.07) is 20.2. The van der Waals surface area contributed by atoms with E-state index < -0.39 is 0 Å². The second-order valence-electron chi connectivity index (χ2n) is 5.65. The first kappa shape index (κ1) is 14.9. The van der Waals surface area contributed by atoms with Crippen LogP contribution >= 0.6 is 11.6 Å². The topological polar surface area (TPSA) is 25.8 Å². The molecule has 3 aromatic carbocycles. The van der Waals surface area contributed by atoms with Gasteiger partial charge in [0, 0.05) is 10.6 Å². The molecule has 0 amide bonds. The first-order chi connectivity index (χ1) is 11.7. The number of rotatable bonds is 2. The number of hydrogen-bond acceptors (Lipinski definition) is 2. The van der Waals surface area contributed by atoms with Crippen molar-refractivity contribution in [3.8, 4) is 11.3 Å². The maximum Gasteiger partial charge on any atom is 0.0966 e. The Bertz CT molecular complexity index is 1070. The van der Waals surface area contributed by atoms with E-state index >= 15 is 0 Å². The Balaban J connectivity index is 2.01. The molecule has 0 radical (unpaired) electrons. The molecule has 0 saturated heterocycles. The molecule has 0 unspecified atom stereocenters. The summed E-state index contributed by atoms with van der Waals surface area (Å²) in [5.74, 6) is 0. The zero-order valence-electron chi connectivity index (χ0n) is 13.2. The number of benzene rings is 3. The minimum atomic E-state index is 0.714. The van der Waals surface area contributed by atoms with Crippen molar-refractivity contribution < 1.29 is 0 Å². The highest BCUT2D eigenvalue weighted by Crippen LogP contribution is 2.28. The molecule has 2 nitrogen and oxygen atoms in total. The van der Waals surface area contributed by atoms with Gasteiger partial charge in [0.05, 0.1) is 22.4 Å². The zero-order valence-corrected chi connectivity index (χ0v) is 14.0. The van der Waals surface area contributed by atoms with Gasteiger partial charge in [-0.2, -0.15) is 0 Å². The third kappa shape index (κ3) is 2.66. The van der Waals surface area contributed by atoms with E-state index in [4.69, 9.17) is 21.6 Å². The van der Waals surface area contributed by atoms with Crippen LogP contribution in [0.3, 0.4) is 0 Å². The molecule has 0 bridgehead atoms. The van der Waals surface area contributed by atoms with Gasteiger partial charge < -0.3 is 0 Å². The Hall–Kier alpha value is -2.71. The SMILES string of the molecule is C/C=C/c1nc2cc3ccccc3cc2nc1-c1ccc(Cl)cc1. The van der Waals surface area contributed by atoms with E-state index in [1.165, 1.54) is 10.8 Å². The van der Waals surface area contributed by atoms with Gasteiger partial charge in [0.2, 0.25) is 0 Å². The fourth-order valence-corrected chi connectivity index (χ4v) is 2.98. The van der Waals surface area contributed by atoms with Crippen molar-refractivity contribution in [3.05, 3.63) is 77.5 Å². The van der Waals surface area contributed by atoms with Crippen LogP contribution in [0.15, 0.2) is 66.7 Å². The van der Waals surface area contributed by atoms with Gasteiger partial charge in [0.25, 0.3) is 0 Å². The standard InChI is InChI=1S/C21H15ClN2/c1-2-5-18-21(14-8-10-17(22)11-9-14)24-20-13-16-7-4-3-6-15(16)12-19(20)23-18/h2-13H,1H3/b5-2+. The van der Waals surface area contributed by atoms with Crippen LogP contribution in [0.4, 0.5) is 0 Å². The van der Waals surface area contributed by atoms with Crippen molar-refractivity contribution in [1.82, 2.24) is 9.97 Å². The lowest BCUT2D eigenvalue weighted by molar-refractivity contribution is 1.27. The lowest BCUT2D eigenvalue weighted by Crippen LogP contribution is -1.95. The van der Waals surface area contributed by atoms with Gasteiger partial charge >= 0.3 is 0 Å². The van der Waals surface area contributed by atoms with E-state index in [1.807, 2.05) is 55.5 Å². The highest BCUT2D eigenvalue weighted by atomic mass is 35.5. The maximum atomic E-state index is 6.01. The molecule has 0 saturated carbocycles. The summed E-state index contributed by atoms with van der Waals surface area (Å²) in [7, 11) is 0. The van der Waals surface area contributed by atoms with Crippen molar-refractivity contribution in [1.29, 1.82) is 0 Å². The molecule has 4 aromatic rings. The third-order valence-electron chi connectivity index (χ3n) is 4.00. The Morgan fingerprint density at radius 3 is 2.08 bits per heavy atom. The zero-order chi connectivity index (χ0) is 16.5. The Kier molecular flexibility index (Phi) is 3.75. The molecule has 0 aliphatic rings. The molecule has 0 atom stereocenters. The lowest BCUT2D eigenvalue weighted by atomic mass is 10.1. The average Bonchev–Trinajstić information content (AvgIpc) is 2.60. The summed E-state index contributed by atoms with van der Waals surface area (Å²) < 4.78 is 0. The number of allylic oxidation sites excluding steroid dienone is 1. The highest BCUT2D eigenvalue weighted by Gasteiger charge is 2.10. The molecule has 0 fully saturated rings. The van der Waals surface area contributed by atoms with Crippen LogP contribution in [0.5, 0.6) is 0 Å². The first-order valence-electron chi connectivity index (χ1n) is 7.84. The summed E-state index contributed by atoms with van der Waals surface area (Å²) in [4.78, 5) is 9.72. The molecular weight excluding hydrogens is 316 g/mol. The minimum absolute atomic E-state index is 0.714. The molecule has 0 aliphatic heterocycles. The molecule has 24 heavy (non-hydrogen) atoms. The second-order valence-corrected chi connectivity index (χ2v) is 6.09. The smallest absolute Gasteiger partial charge is 0.0966 e. The van der Waals surface area contributed by atoms with Gasteiger partial charge in [-0.15, -0.1) is 0 Å². The van der Waals surface area contributed by atoms with E-state index in [2.05, 4.69) is 24.3 Å². The van der Waals surface area contributed by atoms with Crippen molar-refractivity contribution in [2.45, 2.75) is 6.92 Å². The van der Waals surface area contributed by atoms with Crippen LogP contribution < -0.4 is 0 Å². The van der Waals surface area contributed by atoms with E-state index in [0.29, 0.717) is 5.02 Å². The van der Waals surface area contributed by atoms with Crippen molar-refractivity contribution in [3.63, 3.8) is 0 Å². The van der Waals surface area contributed by atoms with Gasteiger partial charge in [-0.05, 0) is 48.0 Å². The minimum Gasteiger partial charge on any atom is -0.244 e. The molecule has 1 aromatic heterocycles. The molecule has 0 aliphatic carbocycles. The Morgan fingerprint density at radius 1 is 0.833 bits per heavy atom. The van der Waals surface area contributed by atoms with Crippen LogP contribution in [0.1, 0.15) is 12.6 Å². The number of halogens is 1. The van der Waals surface area contributed by atoms with Crippen LogP contribution in [-0.2, 0) is 0 Å². The molecule has 3 heteroatoms. The molecule has 116 valence electrons. The fourth-order valence-electron chi connectivity index (χ4n) is 2.85. The molecule has 0 spiro atoms. The average molecular weight is 331 g/mol. The quantitative estimate of drug-likeness (QED) is 0.413. The van der Waals surface area contributed by atoms with Crippen LogP contribution in [0, 0.1) is 0 Å². The van der Waals surface area contributed by atoms with Gasteiger partial charge in [0.15, 0.2) is 0 Å². The highest BCUT2D eigenvalue weighted by molar-refractivity contribution is 6.30. The number of nitrogens with zero attached hydrogens (tertiary/aromatic N) is 2. The fraction of sp³-hybridized carbons (Fsp3) is 0.0476. The van der Waals surface area contributed by atoms with E-state index in [1.54, 1.807) is 0 Å². The van der Waals surface area contributed by atoms with E-state index in [-0.39, 0.29) is 0 Å². The summed E-state index contributed by atoms with van der Waals surface area (Å²) in [5.41, 5.74) is 4.54. The Morgan fingerprint density at radius 2 is 1.46 bits per heavy atom. The summed E-state index contributed by atoms with van der Waals surface area (Å²) in [6.07, 6.45) is 3.97. The molecule has 0 N–H and O–H groups in total. The summed E-state index contributed by atoms with van der Waals surface area (Å²) in [6.45, 7) is 1.98. The van der Waals surface area contributed by atoms with E-state index in [0.717, 1.165) is 28.0 Å². The van der Waals surface area contributed by atoms with Gasteiger partial charge in [0.1, 0.15) is 0 Å². The largest absolute Gasteiger partial charge is 0.244 e. The van der Waals surface area contributed by atoms with Crippen molar-refractivity contribution in [2.75, 3.05) is 0 Å². The number of hydrogen-bond donors (Lipinski definition) is 0. The summed E-state index contributed by atoms with van der Waals surface area (Å²) in [5, 5.41) is 3.05. The first-order valence-corrected chi connectivity index (χ1v) is 8.21. The normalized spacial score (nSPS) is 11.6. The monoisotopic (exact) mass is 330 g/mol. The maximum absolute atomic E-state index is 6.01. The second kappa shape index (κ2) is 6.06. The van der Waals surface area contributed by atoms with Crippen LogP contribution in [0.2, 0.25) is 5.02 Å². The molecular formula is C21H15ClN2. The lowest BCUT2D eigenvalue weighted by Gasteiger charge is -2.09. The van der Waals surface area contributed by atoms with Gasteiger partial charge in [-0.25, -0.2) is 9.97 Å².